The number of pyridine rings is 1. The van der Waals surface area contributed by atoms with E-state index in [-0.39, 0.29) is 18.9 Å². The van der Waals surface area contributed by atoms with Crippen molar-refractivity contribution in [1.29, 1.82) is 0 Å². The number of fused-ring (bicyclic) bond motifs is 1. The maximum absolute atomic E-state index is 12.7. The van der Waals surface area contributed by atoms with Crippen molar-refractivity contribution in [2.45, 2.75) is 27.2 Å². The number of para-hydroxylation sites is 1. The Kier molecular flexibility index (Phi) is 6.15. The first-order chi connectivity index (χ1) is 14.3. The smallest absolute Gasteiger partial charge is 0.270 e. The van der Waals surface area contributed by atoms with Crippen LogP contribution >= 0.6 is 0 Å². The molecule has 0 aliphatic rings. The lowest BCUT2D eigenvalue weighted by atomic mass is 9.96. The van der Waals surface area contributed by atoms with Gasteiger partial charge < -0.3 is 9.73 Å². The van der Waals surface area contributed by atoms with Crippen LogP contribution in [0.4, 0.5) is 0 Å². The first-order valence-electron chi connectivity index (χ1n) is 9.57. The number of hydrazine groups is 1. The van der Waals surface area contributed by atoms with E-state index in [9.17, 15) is 14.4 Å². The van der Waals surface area contributed by atoms with Gasteiger partial charge in [-0.1, -0.05) is 39.0 Å². The average Bonchev–Trinajstić information content (AvgIpc) is 3.25. The quantitative estimate of drug-likeness (QED) is 0.562. The summed E-state index contributed by atoms with van der Waals surface area (Å²) < 4.78 is 5.39. The van der Waals surface area contributed by atoms with Crippen LogP contribution in [0.25, 0.3) is 22.4 Å². The molecular formula is C22H24N4O4. The van der Waals surface area contributed by atoms with Crippen LogP contribution in [0.15, 0.2) is 53.1 Å². The normalized spacial score (nSPS) is 11.2. The second-order valence-corrected chi connectivity index (χ2v) is 7.81. The Morgan fingerprint density at radius 2 is 1.80 bits per heavy atom. The van der Waals surface area contributed by atoms with Gasteiger partial charge in [0, 0.05) is 23.8 Å². The number of nitrogens with zero attached hydrogens (tertiary/aromatic N) is 1. The first-order valence-corrected chi connectivity index (χ1v) is 9.57. The Balaban J connectivity index is 1.67. The number of carbonyl (C=O) groups excluding carboxylic acids is 3. The fourth-order valence-electron chi connectivity index (χ4n) is 2.72. The van der Waals surface area contributed by atoms with Crippen LogP contribution < -0.4 is 16.2 Å². The standard InChI is InChI=1S/C22H24N4O4/c1-22(2,3)21(29)23-11-10-19(27)25-26-20(28)15-13-17(18-9-6-12-30-18)24-16-8-5-4-7-14(15)16/h4-9,12-13H,10-11H2,1-3H3,(H,23,29)(H,25,27)(H,26,28). The van der Waals surface area contributed by atoms with E-state index in [0.717, 1.165) is 0 Å². The summed E-state index contributed by atoms with van der Waals surface area (Å²) in [6, 6.07) is 12.3. The van der Waals surface area contributed by atoms with E-state index >= 15 is 0 Å². The molecule has 3 amide bonds. The zero-order valence-corrected chi connectivity index (χ0v) is 17.1. The molecule has 3 N–H and O–H groups in total. The van der Waals surface area contributed by atoms with E-state index in [1.54, 1.807) is 51.1 Å². The molecule has 0 bridgehead atoms. The highest BCUT2D eigenvalue weighted by atomic mass is 16.3. The Labute approximate surface area is 174 Å². The number of aromatic nitrogens is 1. The summed E-state index contributed by atoms with van der Waals surface area (Å²) in [7, 11) is 0. The van der Waals surface area contributed by atoms with Crippen molar-refractivity contribution >= 4 is 28.6 Å². The molecule has 0 unspecified atom stereocenters. The van der Waals surface area contributed by atoms with Crippen LogP contribution in [0.2, 0.25) is 0 Å². The third kappa shape index (κ3) is 5.02. The zero-order chi connectivity index (χ0) is 21.7. The third-order valence-corrected chi connectivity index (χ3v) is 4.37. The second kappa shape index (κ2) is 8.77. The van der Waals surface area contributed by atoms with Crippen molar-refractivity contribution in [2.24, 2.45) is 5.41 Å². The minimum absolute atomic E-state index is 0.0385. The summed E-state index contributed by atoms with van der Waals surface area (Å²) in [5.41, 5.74) is 5.77. The Hall–Kier alpha value is -3.68. The predicted molar refractivity (Wildman–Crippen MR) is 112 cm³/mol. The molecule has 2 heterocycles. The summed E-state index contributed by atoms with van der Waals surface area (Å²) in [4.78, 5) is 41.1. The van der Waals surface area contributed by atoms with E-state index in [2.05, 4.69) is 21.2 Å². The highest BCUT2D eigenvalue weighted by Gasteiger charge is 2.21. The molecule has 0 aliphatic heterocycles. The topological polar surface area (TPSA) is 113 Å². The summed E-state index contributed by atoms with van der Waals surface area (Å²) in [6.07, 6.45) is 1.57. The van der Waals surface area contributed by atoms with Gasteiger partial charge in [0.2, 0.25) is 11.8 Å². The molecule has 0 aliphatic carbocycles. The molecule has 156 valence electrons. The Bertz CT molecular complexity index is 1070. The fourth-order valence-corrected chi connectivity index (χ4v) is 2.72. The number of nitrogens with one attached hydrogen (secondary N) is 3. The Morgan fingerprint density at radius 1 is 1.03 bits per heavy atom. The molecule has 3 rings (SSSR count). The van der Waals surface area contributed by atoms with Gasteiger partial charge in [-0.15, -0.1) is 0 Å². The number of furan rings is 1. The molecular weight excluding hydrogens is 384 g/mol. The molecule has 8 nitrogen and oxygen atoms in total. The third-order valence-electron chi connectivity index (χ3n) is 4.37. The van der Waals surface area contributed by atoms with E-state index in [1.807, 2.05) is 12.1 Å². The predicted octanol–water partition coefficient (Wildman–Crippen LogP) is 2.81. The van der Waals surface area contributed by atoms with Crippen LogP contribution in [0.1, 0.15) is 37.6 Å². The fraction of sp³-hybridized carbons (Fsp3) is 0.273. The summed E-state index contributed by atoms with van der Waals surface area (Å²) in [6.45, 7) is 5.55. The van der Waals surface area contributed by atoms with Gasteiger partial charge in [-0.2, -0.15) is 0 Å². The zero-order valence-electron chi connectivity index (χ0n) is 17.1. The number of hydrogen-bond acceptors (Lipinski definition) is 5. The van der Waals surface area contributed by atoms with Crippen molar-refractivity contribution in [3.8, 4) is 11.5 Å². The van der Waals surface area contributed by atoms with Gasteiger partial charge >= 0.3 is 0 Å². The van der Waals surface area contributed by atoms with Crippen molar-refractivity contribution in [3.05, 3.63) is 54.3 Å². The molecule has 2 aromatic heterocycles. The molecule has 0 saturated carbocycles. The molecule has 0 fully saturated rings. The SMILES string of the molecule is CC(C)(C)C(=O)NCCC(=O)NNC(=O)c1cc(-c2ccco2)nc2ccccc12. The summed E-state index contributed by atoms with van der Waals surface area (Å²) in [5, 5.41) is 3.34. The molecule has 8 heteroatoms. The number of rotatable bonds is 5. The first kappa shape index (κ1) is 21.0. The monoisotopic (exact) mass is 408 g/mol. The van der Waals surface area contributed by atoms with Crippen LogP contribution in [0, 0.1) is 5.41 Å². The lowest BCUT2D eigenvalue weighted by Crippen LogP contribution is -2.43. The van der Waals surface area contributed by atoms with Gasteiger partial charge in [0.1, 0.15) is 5.69 Å². The molecule has 0 radical (unpaired) electrons. The maximum atomic E-state index is 12.7. The molecule has 1 aromatic carbocycles. The highest BCUT2D eigenvalue weighted by molar-refractivity contribution is 6.07. The number of carbonyl (C=O) groups is 3. The van der Waals surface area contributed by atoms with Crippen molar-refractivity contribution < 1.29 is 18.8 Å². The number of hydrogen-bond donors (Lipinski definition) is 3. The molecule has 3 aromatic rings. The number of amides is 3. The molecule has 30 heavy (non-hydrogen) atoms. The summed E-state index contributed by atoms with van der Waals surface area (Å²) in [5.74, 6) is -0.503. The summed E-state index contributed by atoms with van der Waals surface area (Å²) >= 11 is 0. The van der Waals surface area contributed by atoms with Crippen LogP contribution in [0.3, 0.4) is 0 Å². The molecule has 0 saturated heterocycles. The van der Waals surface area contributed by atoms with Gasteiger partial charge in [-0.25, -0.2) is 4.98 Å². The lowest BCUT2D eigenvalue weighted by Gasteiger charge is -2.17. The van der Waals surface area contributed by atoms with Gasteiger partial charge in [0.15, 0.2) is 5.76 Å². The van der Waals surface area contributed by atoms with E-state index in [4.69, 9.17) is 4.42 Å². The Morgan fingerprint density at radius 3 is 2.50 bits per heavy atom. The van der Waals surface area contributed by atoms with E-state index in [1.165, 1.54) is 6.26 Å². The van der Waals surface area contributed by atoms with Crippen molar-refractivity contribution in [1.82, 2.24) is 21.2 Å². The van der Waals surface area contributed by atoms with E-state index in [0.29, 0.717) is 27.9 Å². The van der Waals surface area contributed by atoms with Gasteiger partial charge in [-0.3, -0.25) is 25.2 Å². The van der Waals surface area contributed by atoms with Crippen molar-refractivity contribution in [3.63, 3.8) is 0 Å². The van der Waals surface area contributed by atoms with Gasteiger partial charge in [-0.05, 0) is 24.3 Å². The average molecular weight is 408 g/mol. The minimum Gasteiger partial charge on any atom is -0.463 e. The lowest BCUT2D eigenvalue weighted by molar-refractivity contribution is -0.128. The van der Waals surface area contributed by atoms with Crippen LogP contribution in [0.5, 0.6) is 0 Å². The van der Waals surface area contributed by atoms with E-state index < -0.39 is 17.2 Å². The maximum Gasteiger partial charge on any atom is 0.270 e. The minimum atomic E-state index is -0.529. The van der Waals surface area contributed by atoms with Gasteiger partial charge in [0.25, 0.3) is 5.91 Å². The largest absolute Gasteiger partial charge is 0.463 e. The highest BCUT2D eigenvalue weighted by Crippen LogP contribution is 2.25. The van der Waals surface area contributed by atoms with Crippen LogP contribution in [-0.2, 0) is 9.59 Å². The van der Waals surface area contributed by atoms with Crippen molar-refractivity contribution in [2.75, 3.05) is 6.54 Å². The molecule has 0 atom stereocenters. The molecule has 0 spiro atoms. The van der Waals surface area contributed by atoms with Crippen LogP contribution in [-0.4, -0.2) is 29.3 Å². The second-order valence-electron chi connectivity index (χ2n) is 7.81. The van der Waals surface area contributed by atoms with Gasteiger partial charge in [0.05, 0.1) is 17.3 Å². The number of benzene rings is 1.